The predicted octanol–water partition coefficient (Wildman–Crippen LogP) is 2.77. The second kappa shape index (κ2) is 4.80. The number of carbonyl (C=O) groups is 1. The lowest BCUT2D eigenvalue weighted by molar-refractivity contribution is -0.165. The summed E-state index contributed by atoms with van der Waals surface area (Å²) in [5.41, 5.74) is -1.50. The third-order valence-corrected chi connectivity index (χ3v) is 2.17. The molecule has 0 amide bonds. The van der Waals surface area contributed by atoms with Crippen molar-refractivity contribution in [3.8, 4) is 0 Å². The van der Waals surface area contributed by atoms with Crippen molar-refractivity contribution in [3.63, 3.8) is 0 Å². The first-order valence-electron chi connectivity index (χ1n) is 4.31. The summed E-state index contributed by atoms with van der Waals surface area (Å²) in [5.74, 6) is -1.03. The number of hydrogen-bond donors (Lipinski definition) is 1. The molecule has 0 saturated heterocycles. The maximum Gasteiger partial charge on any atom is 0.346 e. The van der Waals surface area contributed by atoms with Crippen LogP contribution in [0.5, 0.6) is 0 Å². The molecule has 1 unspecified atom stereocenters. The fourth-order valence-corrected chi connectivity index (χ4v) is 1.30. The Kier molecular flexibility index (Phi) is 4.07. The van der Waals surface area contributed by atoms with E-state index in [4.69, 9.17) is 34.8 Å². The van der Waals surface area contributed by atoms with Crippen LogP contribution in [0.15, 0.2) is 30.3 Å². The van der Waals surface area contributed by atoms with Crippen LogP contribution in [-0.2, 0) is 15.1 Å². The van der Waals surface area contributed by atoms with E-state index < -0.39 is 15.5 Å². The van der Waals surface area contributed by atoms with Gasteiger partial charge in [0.2, 0.25) is 0 Å². The second-order valence-corrected chi connectivity index (χ2v) is 5.45. The smallest absolute Gasteiger partial charge is 0.346 e. The van der Waals surface area contributed by atoms with E-state index in [1.165, 1.54) is 6.92 Å². The minimum atomic E-state index is -2.18. The lowest BCUT2D eigenvalue weighted by Crippen LogP contribution is -2.36. The molecule has 1 atom stereocenters. The molecule has 1 aromatic carbocycles. The minimum Gasteiger partial charge on any atom is -0.412 e. The van der Waals surface area contributed by atoms with Gasteiger partial charge >= 0.3 is 9.95 Å². The van der Waals surface area contributed by atoms with Gasteiger partial charge in [-0.1, -0.05) is 30.3 Å². The summed E-state index contributed by atoms with van der Waals surface area (Å²) in [7, 11) is 0. The monoisotopic (exact) mass is 282 g/mol. The topological polar surface area (TPSA) is 46.5 Å². The Balaban J connectivity index is 2.90. The number of rotatable bonds is 2. The number of hydrogen-bond acceptors (Lipinski definition) is 3. The molecule has 3 nitrogen and oxygen atoms in total. The van der Waals surface area contributed by atoms with Crippen molar-refractivity contribution in [2.75, 3.05) is 0 Å². The van der Waals surface area contributed by atoms with Gasteiger partial charge in [0.05, 0.1) is 0 Å². The first kappa shape index (κ1) is 13.6. The van der Waals surface area contributed by atoms with Crippen molar-refractivity contribution in [1.82, 2.24) is 0 Å². The van der Waals surface area contributed by atoms with E-state index in [2.05, 4.69) is 4.74 Å². The fourth-order valence-electron chi connectivity index (χ4n) is 1.09. The summed E-state index contributed by atoms with van der Waals surface area (Å²) in [6.45, 7) is 1.26. The third kappa shape index (κ3) is 3.52. The zero-order valence-electron chi connectivity index (χ0n) is 8.28. The highest BCUT2D eigenvalue weighted by Gasteiger charge is 2.39. The lowest BCUT2D eigenvalue weighted by Gasteiger charge is -2.24. The maximum atomic E-state index is 11.6. The number of esters is 1. The van der Waals surface area contributed by atoms with Crippen LogP contribution in [0.2, 0.25) is 0 Å². The molecule has 0 fully saturated rings. The highest BCUT2D eigenvalue weighted by atomic mass is 35.6. The average molecular weight is 284 g/mol. The number of aliphatic hydroxyl groups is 1. The van der Waals surface area contributed by atoms with Gasteiger partial charge in [-0.3, -0.25) is 0 Å². The Hall–Kier alpha value is -0.480. The van der Waals surface area contributed by atoms with Gasteiger partial charge in [-0.2, -0.15) is 0 Å². The van der Waals surface area contributed by atoms with Crippen LogP contribution in [0.25, 0.3) is 0 Å². The summed E-state index contributed by atoms with van der Waals surface area (Å²) in [5, 5.41) is 9.97. The van der Waals surface area contributed by atoms with Crippen molar-refractivity contribution in [2.24, 2.45) is 0 Å². The van der Waals surface area contributed by atoms with Gasteiger partial charge in [0.1, 0.15) is 0 Å². The molecule has 1 N–H and O–H groups in total. The quantitative estimate of drug-likeness (QED) is 0.670. The molecule has 0 aliphatic heterocycles. The van der Waals surface area contributed by atoms with Gasteiger partial charge in [-0.15, -0.1) is 0 Å². The maximum absolute atomic E-state index is 11.6. The molecular weight excluding hydrogens is 274 g/mol. The molecule has 0 bridgehead atoms. The molecule has 0 radical (unpaired) electrons. The average Bonchev–Trinajstić information content (AvgIpc) is 2.16. The SMILES string of the molecule is CC(O)(C(=O)OC(Cl)(Cl)Cl)c1ccccc1. The number of benzene rings is 1. The Morgan fingerprint density at radius 3 is 2.19 bits per heavy atom. The Bertz CT molecular complexity index is 371. The van der Waals surface area contributed by atoms with Gasteiger partial charge in [-0.05, 0) is 47.3 Å². The largest absolute Gasteiger partial charge is 0.412 e. The molecule has 0 heterocycles. The zero-order valence-corrected chi connectivity index (χ0v) is 10.6. The molecule has 0 saturated carbocycles. The number of carbonyl (C=O) groups excluding carboxylic acids is 1. The van der Waals surface area contributed by atoms with E-state index in [1.54, 1.807) is 30.3 Å². The van der Waals surface area contributed by atoms with Crippen LogP contribution >= 0.6 is 34.8 Å². The van der Waals surface area contributed by atoms with Crippen molar-refractivity contribution >= 4 is 40.8 Å². The van der Waals surface area contributed by atoms with Crippen LogP contribution < -0.4 is 0 Å². The first-order chi connectivity index (χ1) is 7.23. The highest BCUT2D eigenvalue weighted by molar-refractivity contribution is 6.66. The second-order valence-electron chi connectivity index (χ2n) is 3.27. The molecule has 0 aliphatic rings. The van der Waals surface area contributed by atoms with Crippen LogP contribution in [0.1, 0.15) is 12.5 Å². The zero-order chi connectivity index (χ0) is 12.4. The van der Waals surface area contributed by atoms with E-state index in [-0.39, 0.29) is 0 Å². The molecule has 0 aromatic heterocycles. The Labute approximate surface area is 108 Å². The Morgan fingerprint density at radius 2 is 1.75 bits per heavy atom. The molecule has 0 spiro atoms. The summed E-state index contributed by atoms with van der Waals surface area (Å²) in [6.07, 6.45) is 0. The number of alkyl halides is 3. The molecular formula is C10H9Cl3O3. The molecule has 88 valence electrons. The predicted molar refractivity (Wildman–Crippen MR) is 62.4 cm³/mol. The van der Waals surface area contributed by atoms with Gasteiger partial charge in [-0.25, -0.2) is 4.79 Å². The summed E-state index contributed by atoms with van der Waals surface area (Å²) in [4.78, 5) is 11.6. The van der Waals surface area contributed by atoms with Gasteiger partial charge in [0.15, 0.2) is 5.60 Å². The lowest BCUT2D eigenvalue weighted by atomic mass is 9.96. The summed E-state index contributed by atoms with van der Waals surface area (Å²) in [6, 6.07) is 8.23. The van der Waals surface area contributed by atoms with E-state index in [0.29, 0.717) is 5.56 Å². The number of halogens is 3. The third-order valence-electron chi connectivity index (χ3n) is 1.94. The van der Waals surface area contributed by atoms with Crippen molar-refractivity contribution < 1.29 is 14.6 Å². The summed E-state index contributed by atoms with van der Waals surface area (Å²) < 4.78 is 2.28. The van der Waals surface area contributed by atoms with E-state index >= 15 is 0 Å². The fraction of sp³-hybridized carbons (Fsp3) is 0.300. The molecule has 16 heavy (non-hydrogen) atoms. The molecule has 1 rings (SSSR count). The molecule has 6 heteroatoms. The van der Waals surface area contributed by atoms with Crippen LogP contribution in [-0.4, -0.2) is 15.1 Å². The number of ether oxygens (including phenoxy) is 1. The highest BCUT2D eigenvalue weighted by Crippen LogP contribution is 2.31. The van der Waals surface area contributed by atoms with Crippen LogP contribution in [0.3, 0.4) is 0 Å². The normalized spacial score (nSPS) is 15.3. The Morgan fingerprint density at radius 1 is 1.25 bits per heavy atom. The van der Waals surface area contributed by atoms with Gasteiger partial charge in [0, 0.05) is 0 Å². The van der Waals surface area contributed by atoms with E-state index in [9.17, 15) is 9.90 Å². The van der Waals surface area contributed by atoms with Crippen LogP contribution in [0, 0.1) is 0 Å². The standard InChI is InChI=1S/C10H9Cl3O3/c1-9(15,7-5-3-2-4-6-7)8(14)16-10(11,12)13/h2-6,15H,1H3. The van der Waals surface area contributed by atoms with Crippen molar-refractivity contribution in [1.29, 1.82) is 0 Å². The van der Waals surface area contributed by atoms with E-state index in [1.807, 2.05) is 0 Å². The summed E-state index contributed by atoms with van der Waals surface area (Å²) >= 11 is 15.9. The first-order valence-corrected chi connectivity index (χ1v) is 5.45. The van der Waals surface area contributed by atoms with E-state index in [0.717, 1.165) is 0 Å². The van der Waals surface area contributed by atoms with Crippen molar-refractivity contribution in [3.05, 3.63) is 35.9 Å². The van der Waals surface area contributed by atoms with Crippen molar-refractivity contribution in [2.45, 2.75) is 16.5 Å². The minimum absolute atomic E-state index is 0.356. The molecule has 1 aromatic rings. The van der Waals surface area contributed by atoms with Gasteiger partial charge in [0.25, 0.3) is 0 Å². The van der Waals surface area contributed by atoms with Gasteiger partial charge < -0.3 is 9.84 Å². The van der Waals surface area contributed by atoms with Crippen LogP contribution in [0.4, 0.5) is 0 Å². The molecule has 0 aliphatic carbocycles.